The first kappa shape index (κ1) is 17.6. The minimum Gasteiger partial charge on any atom is -0.372 e. The van der Waals surface area contributed by atoms with Gasteiger partial charge in [0.2, 0.25) is 0 Å². The maximum absolute atomic E-state index is 6.67. The van der Waals surface area contributed by atoms with Crippen LogP contribution in [0.3, 0.4) is 0 Å². The molecule has 2 aromatic rings. The number of nitrogens with zero attached hydrogens (tertiary/aromatic N) is 1. The molecular formula is C21H26ClN. The van der Waals surface area contributed by atoms with Crippen molar-refractivity contribution in [3.63, 3.8) is 0 Å². The third-order valence-corrected chi connectivity index (χ3v) is 5.01. The third-order valence-electron chi connectivity index (χ3n) is 4.51. The van der Waals surface area contributed by atoms with Gasteiger partial charge in [0.25, 0.3) is 0 Å². The number of benzene rings is 2. The van der Waals surface area contributed by atoms with Gasteiger partial charge in [-0.1, -0.05) is 49.0 Å². The number of aryl methyl sites for hydroxylation is 2. The first-order valence-electron chi connectivity index (χ1n) is 8.23. The zero-order valence-electron chi connectivity index (χ0n) is 14.6. The van der Waals surface area contributed by atoms with Crippen LogP contribution in [0.4, 0.5) is 0 Å². The Bertz CT molecular complexity index is 669. The zero-order chi connectivity index (χ0) is 17.0. The third kappa shape index (κ3) is 3.97. The summed E-state index contributed by atoms with van der Waals surface area (Å²) >= 11 is 6.67. The molecule has 0 aromatic heterocycles. The molecule has 0 fully saturated rings. The fourth-order valence-electron chi connectivity index (χ4n) is 2.75. The second-order valence-corrected chi connectivity index (χ2v) is 6.38. The Morgan fingerprint density at radius 2 is 1.52 bits per heavy atom. The molecule has 0 aliphatic carbocycles. The van der Waals surface area contributed by atoms with E-state index in [0.29, 0.717) is 0 Å². The second-order valence-electron chi connectivity index (χ2n) is 5.95. The van der Waals surface area contributed by atoms with E-state index in [4.69, 9.17) is 11.6 Å². The van der Waals surface area contributed by atoms with Gasteiger partial charge in [-0.2, -0.15) is 0 Å². The molecule has 0 bridgehead atoms. The summed E-state index contributed by atoms with van der Waals surface area (Å²) in [4.78, 5) is 2.26. The molecule has 2 rings (SSSR count). The number of hydrogen-bond donors (Lipinski definition) is 0. The molecule has 1 nitrogen and oxygen atoms in total. The van der Waals surface area contributed by atoms with Crippen LogP contribution < -0.4 is 0 Å². The molecule has 0 saturated heterocycles. The molecule has 23 heavy (non-hydrogen) atoms. The molecule has 0 radical (unpaired) electrons. The lowest BCUT2D eigenvalue weighted by Crippen LogP contribution is -2.20. The quantitative estimate of drug-likeness (QED) is 0.593. The largest absolute Gasteiger partial charge is 0.372 e. The van der Waals surface area contributed by atoms with E-state index in [1.54, 1.807) is 0 Å². The Balaban J connectivity index is 2.21. The van der Waals surface area contributed by atoms with Gasteiger partial charge in [-0.15, -0.1) is 11.6 Å². The van der Waals surface area contributed by atoms with Gasteiger partial charge >= 0.3 is 0 Å². The fourth-order valence-corrected chi connectivity index (χ4v) is 3.03. The summed E-state index contributed by atoms with van der Waals surface area (Å²) in [7, 11) is 0. The van der Waals surface area contributed by atoms with E-state index >= 15 is 0 Å². The number of halogens is 1. The summed E-state index contributed by atoms with van der Waals surface area (Å²) < 4.78 is 0. The molecule has 2 aromatic carbocycles. The van der Waals surface area contributed by atoms with Gasteiger partial charge in [-0.05, 0) is 55.5 Å². The lowest BCUT2D eigenvalue weighted by molar-refractivity contribution is 0.443. The summed E-state index contributed by atoms with van der Waals surface area (Å²) in [5, 5.41) is -0.120. The van der Waals surface area contributed by atoms with Crippen molar-refractivity contribution in [1.82, 2.24) is 4.90 Å². The molecule has 1 unspecified atom stereocenters. The number of hydrogen-bond acceptors (Lipinski definition) is 1. The molecule has 0 aliphatic heterocycles. The van der Waals surface area contributed by atoms with Crippen LogP contribution in [0.1, 0.15) is 47.0 Å². The maximum Gasteiger partial charge on any atom is 0.0835 e. The SMILES string of the molecule is C=C(c1ccc(C(Cl)c2ccc(C)c(C)c2)cc1)N(CC)CC. The lowest BCUT2D eigenvalue weighted by Gasteiger charge is -2.24. The topological polar surface area (TPSA) is 3.24 Å². The Labute approximate surface area is 145 Å². The molecule has 1 atom stereocenters. The lowest BCUT2D eigenvalue weighted by atomic mass is 9.99. The molecule has 0 amide bonds. The first-order chi connectivity index (χ1) is 11.0. The normalized spacial score (nSPS) is 12.0. The minimum atomic E-state index is -0.120. The molecule has 0 spiro atoms. The summed E-state index contributed by atoms with van der Waals surface area (Å²) in [6, 6.07) is 14.9. The van der Waals surface area contributed by atoms with Gasteiger partial charge in [0.05, 0.1) is 5.38 Å². The molecule has 0 saturated carbocycles. The summed E-state index contributed by atoms with van der Waals surface area (Å²) in [5.74, 6) is 0. The van der Waals surface area contributed by atoms with Gasteiger partial charge in [0.15, 0.2) is 0 Å². The molecule has 0 heterocycles. The molecule has 122 valence electrons. The van der Waals surface area contributed by atoms with Crippen molar-refractivity contribution < 1.29 is 0 Å². The van der Waals surface area contributed by atoms with E-state index in [-0.39, 0.29) is 5.38 Å². The van der Waals surface area contributed by atoms with Gasteiger partial charge in [-0.3, -0.25) is 0 Å². The van der Waals surface area contributed by atoms with Gasteiger partial charge in [-0.25, -0.2) is 0 Å². The van der Waals surface area contributed by atoms with E-state index < -0.39 is 0 Å². The van der Waals surface area contributed by atoms with E-state index in [1.807, 2.05) is 0 Å². The second kappa shape index (κ2) is 7.70. The predicted molar refractivity (Wildman–Crippen MR) is 102 cm³/mol. The molecule has 0 aliphatic rings. The van der Waals surface area contributed by atoms with Crippen molar-refractivity contribution in [2.45, 2.75) is 33.1 Å². The Morgan fingerprint density at radius 1 is 0.957 bits per heavy atom. The van der Waals surface area contributed by atoms with E-state index in [1.165, 1.54) is 11.1 Å². The van der Waals surface area contributed by atoms with Crippen LogP contribution in [0.5, 0.6) is 0 Å². The predicted octanol–water partition coefficient (Wildman–Crippen LogP) is 5.94. The van der Waals surface area contributed by atoms with Crippen molar-refractivity contribution in [2.24, 2.45) is 0 Å². The monoisotopic (exact) mass is 327 g/mol. The van der Waals surface area contributed by atoms with Crippen LogP contribution >= 0.6 is 11.6 Å². The van der Waals surface area contributed by atoms with Crippen LogP contribution in [-0.4, -0.2) is 18.0 Å². The average molecular weight is 328 g/mol. The van der Waals surface area contributed by atoms with E-state index in [9.17, 15) is 0 Å². The van der Waals surface area contributed by atoms with Crippen molar-refractivity contribution in [3.05, 3.63) is 76.9 Å². The highest BCUT2D eigenvalue weighted by Gasteiger charge is 2.12. The van der Waals surface area contributed by atoms with Crippen LogP contribution in [0.2, 0.25) is 0 Å². The van der Waals surface area contributed by atoms with Crippen molar-refractivity contribution >= 4 is 17.3 Å². The smallest absolute Gasteiger partial charge is 0.0835 e. The van der Waals surface area contributed by atoms with Gasteiger partial charge in [0.1, 0.15) is 0 Å². The highest BCUT2D eigenvalue weighted by molar-refractivity contribution is 6.22. The van der Waals surface area contributed by atoms with Gasteiger partial charge < -0.3 is 4.90 Å². The van der Waals surface area contributed by atoms with Crippen molar-refractivity contribution in [2.75, 3.05) is 13.1 Å². The van der Waals surface area contributed by atoms with Crippen LogP contribution in [0, 0.1) is 13.8 Å². The Hall–Kier alpha value is -1.73. The van der Waals surface area contributed by atoms with Crippen molar-refractivity contribution in [1.29, 1.82) is 0 Å². The van der Waals surface area contributed by atoms with Crippen LogP contribution in [-0.2, 0) is 0 Å². The van der Waals surface area contributed by atoms with Crippen LogP contribution in [0.15, 0.2) is 49.0 Å². The fraction of sp³-hybridized carbons (Fsp3) is 0.333. The molecular weight excluding hydrogens is 302 g/mol. The summed E-state index contributed by atoms with van der Waals surface area (Å²) in [6.07, 6.45) is 0. The number of alkyl halides is 1. The van der Waals surface area contributed by atoms with Crippen molar-refractivity contribution in [3.8, 4) is 0 Å². The maximum atomic E-state index is 6.67. The Morgan fingerprint density at radius 3 is 2.04 bits per heavy atom. The highest BCUT2D eigenvalue weighted by Crippen LogP contribution is 2.31. The summed E-state index contributed by atoms with van der Waals surface area (Å²) in [5.41, 5.74) is 7.06. The first-order valence-corrected chi connectivity index (χ1v) is 8.67. The van der Waals surface area contributed by atoms with Gasteiger partial charge in [0, 0.05) is 18.8 Å². The highest BCUT2D eigenvalue weighted by atomic mass is 35.5. The Kier molecular flexibility index (Phi) is 5.90. The average Bonchev–Trinajstić information content (AvgIpc) is 2.58. The number of rotatable bonds is 6. The standard InChI is InChI=1S/C21H26ClN/c1-6-23(7-2)17(5)18-10-12-19(13-11-18)21(22)20-9-8-15(3)16(4)14-20/h8-14,21H,5-7H2,1-4H3. The molecule has 2 heteroatoms. The van der Waals surface area contributed by atoms with E-state index in [2.05, 4.69) is 81.6 Å². The summed E-state index contributed by atoms with van der Waals surface area (Å²) in [6.45, 7) is 14.7. The van der Waals surface area contributed by atoms with Crippen LogP contribution in [0.25, 0.3) is 5.70 Å². The van der Waals surface area contributed by atoms with E-state index in [0.717, 1.165) is 35.5 Å². The molecule has 0 N–H and O–H groups in total. The zero-order valence-corrected chi connectivity index (χ0v) is 15.3. The minimum absolute atomic E-state index is 0.120.